The highest BCUT2D eigenvalue weighted by Crippen LogP contribution is 2.17. The zero-order valence-electron chi connectivity index (χ0n) is 9.65. The molecule has 0 spiro atoms. The van der Waals surface area contributed by atoms with Crippen molar-refractivity contribution in [1.82, 2.24) is 4.90 Å². The lowest BCUT2D eigenvalue weighted by Gasteiger charge is -2.27. The molecule has 0 aromatic rings. The molecule has 2 heterocycles. The van der Waals surface area contributed by atoms with Gasteiger partial charge in [0.2, 0.25) is 0 Å². The third-order valence-corrected chi connectivity index (χ3v) is 3.35. The van der Waals surface area contributed by atoms with Gasteiger partial charge in [0, 0.05) is 38.1 Å². The highest BCUT2D eigenvalue weighted by molar-refractivity contribution is 5.74. The topological polar surface area (TPSA) is 71.6 Å². The second-order valence-electron chi connectivity index (χ2n) is 4.75. The molecule has 92 valence electrons. The van der Waals surface area contributed by atoms with Gasteiger partial charge in [0.15, 0.2) is 5.96 Å². The molecule has 3 N–H and O–H groups in total. The van der Waals surface area contributed by atoms with Crippen LogP contribution < -0.4 is 5.73 Å². The highest BCUT2D eigenvalue weighted by Gasteiger charge is 2.24. The summed E-state index contributed by atoms with van der Waals surface area (Å²) < 4.78 is 10.7. The van der Waals surface area contributed by atoms with Gasteiger partial charge in [-0.3, -0.25) is 5.41 Å². The van der Waals surface area contributed by atoms with Gasteiger partial charge in [-0.2, -0.15) is 0 Å². The lowest BCUT2D eigenvalue weighted by Crippen LogP contribution is -2.42. The van der Waals surface area contributed by atoms with Crippen LogP contribution in [0.5, 0.6) is 0 Å². The molecule has 0 saturated carbocycles. The predicted octanol–water partition coefficient (Wildman–Crippen LogP) is 0.255. The van der Waals surface area contributed by atoms with E-state index in [1.165, 1.54) is 0 Å². The summed E-state index contributed by atoms with van der Waals surface area (Å²) in [6, 6.07) is 0. The first-order valence-electron chi connectivity index (χ1n) is 6.00. The van der Waals surface area contributed by atoms with Crippen molar-refractivity contribution in [2.45, 2.75) is 12.8 Å². The third kappa shape index (κ3) is 3.09. The lowest BCUT2D eigenvalue weighted by atomic mass is 10.1. The molecule has 2 saturated heterocycles. The van der Waals surface area contributed by atoms with E-state index in [1.807, 2.05) is 4.90 Å². The molecule has 5 heteroatoms. The first kappa shape index (κ1) is 11.7. The minimum absolute atomic E-state index is 0.179. The van der Waals surface area contributed by atoms with E-state index in [-0.39, 0.29) is 5.96 Å². The molecule has 16 heavy (non-hydrogen) atoms. The van der Waals surface area contributed by atoms with E-state index >= 15 is 0 Å². The summed E-state index contributed by atoms with van der Waals surface area (Å²) in [6.07, 6.45) is 2.18. The molecule has 2 aliphatic rings. The van der Waals surface area contributed by atoms with Crippen molar-refractivity contribution in [2.75, 3.05) is 39.5 Å². The molecular formula is C11H21N3O2. The number of rotatable bonds is 4. The zero-order chi connectivity index (χ0) is 11.4. The van der Waals surface area contributed by atoms with Crippen molar-refractivity contribution in [1.29, 1.82) is 5.41 Å². The van der Waals surface area contributed by atoms with Crippen LogP contribution in [0.3, 0.4) is 0 Å². The summed E-state index contributed by atoms with van der Waals surface area (Å²) in [7, 11) is 0. The first-order valence-corrected chi connectivity index (χ1v) is 6.00. The summed E-state index contributed by atoms with van der Waals surface area (Å²) in [4.78, 5) is 1.97. The van der Waals surface area contributed by atoms with Crippen molar-refractivity contribution in [3.63, 3.8) is 0 Å². The van der Waals surface area contributed by atoms with Crippen LogP contribution in [-0.2, 0) is 9.47 Å². The maximum absolute atomic E-state index is 7.60. The number of ether oxygens (including phenoxy) is 2. The molecule has 0 aromatic carbocycles. The Kier molecular flexibility index (Phi) is 4.01. The Labute approximate surface area is 96.4 Å². The summed E-state index contributed by atoms with van der Waals surface area (Å²) in [5.74, 6) is 1.25. The predicted molar refractivity (Wildman–Crippen MR) is 61.3 cm³/mol. The van der Waals surface area contributed by atoms with E-state index in [4.69, 9.17) is 20.6 Å². The molecule has 2 aliphatic heterocycles. The Bertz CT molecular complexity index is 217. The van der Waals surface area contributed by atoms with Crippen LogP contribution in [0.2, 0.25) is 0 Å². The van der Waals surface area contributed by atoms with Gasteiger partial charge in [0.25, 0.3) is 0 Å². The normalized spacial score (nSPS) is 29.5. The van der Waals surface area contributed by atoms with E-state index in [0.717, 1.165) is 52.4 Å². The number of nitrogens with two attached hydrogens (primary N) is 1. The van der Waals surface area contributed by atoms with Gasteiger partial charge in [-0.15, -0.1) is 0 Å². The molecule has 0 radical (unpaired) electrons. The van der Waals surface area contributed by atoms with Crippen LogP contribution in [0, 0.1) is 17.2 Å². The van der Waals surface area contributed by atoms with Gasteiger partial charge in [0.05, 0.1) is 13.2 Å². The van der Waals surface area contributed by atoms with Crippen LogP contribution in [0.25, 0.3) is 0 Å². The van der Waals surface area contributed by atoms with Gasteiger partial charge >= 0.3 is 0 Å². The van der Waals surface area contributed by atoms with Crippen LogP contribution >= 0.6 is 0 Å². The van der Waals surface area contributed by atoms with E-state index in [2.05, 4.69) is 0 Å². The van der Waals surface area contributed by atoms with Crippen molar-refractivity contribution in [2.24, 2.45) is 17.6 Å². The monoisotopic (exact) mass is 227 g/mol. The molecule has 0 bridgehead atoms. The van der Waals surface area contributed by atoms with Gasteiger partial charge in [0.1, 0.15) is 0 Å². The van der Waals surface area contributed by atoms with Gasteiger partial charge < -0.3 is 20.1 Å². The number of hydrogen-bond donors (Lipinski definition) is 2. The summed E-state index contributed by atoms with van der Waals surface area (Å²) >= 11 is 0. The molecule has 0 aliphatic carbocycles. The fourth-order valence-electron chi connectivity index (χ4n) is 2.35. The van der Waals surface area contributed by atoms with Crippen LogP contribution in [0.4, 0.5) is 0 Å². The Balaban J connectivity index is 1.81. The Morgan fingerprint density at radius 2 is 1.62 bits per heavy atom. The van der Waals surface area contributed by atoms with Crippen molar-refractivity contribution in [3.8, 4) is 0 Å². The minimum Gasteiger partial charge on any atom is -0.381 e. The highest BCUT2D eigenvalue weighted by atomic mass is 16.5. The second kappa shape index (κ2) is 5.50. The Hall–Kier alpha value is -0.810. The van der Waals surface area contributed by atoms with E-state index in [9.17, 15) is 0 Å². The molecule has 2 atom stereocenters. The SMILES string of the molecule is N=C(N)N(CC1CCOC1)CC1CCOC1. The van der Waals surface area contributed by atoms with E-state index in [1.54, 1.807) is 0 Å². The van der Waals surface area contributed by atoms with E-state index < -0.39 is 0 Å². The van der Waals surface area contributed by atoms with E-state index in [0.29, 0.717) is 11.8 Å². The molecule has 0 aromatic heterocycles. The molecule has 0 amide bonds. The second-order valence-corrected chi connectivity index (χ2v) is 4.75. The Morgan fingerprint density at radius 3 is 1.94 bits per heavy atom. The number of nitrogens with one attached hydrogen (secondary N) is 1. The average molecular weight is 227 g/mol. The maximum Gasteiger partial charge on any atom is 0.188 e. The maximum atomic E-state index is 7.60. The summed E-state index contributed by atoms with van der Waals surface area (Å²) in [6.45, 7) is 5.03. The third-order valence-electron chi connectivity index (χ3n) is 3.35. The Morgan fingerprint density at radius 1 is 1.12 bits per heavy atom. The van der Waals surface area contributed by atoms with Crippen molar-refractivity contribution < 1.29 is 9.47 Å². The van der Waals surface area contributed by atoms with Gasteiger partial charge in [-0.1, -0.05) is 0 Å². The van der Waals surface area contributed by atoms with Gasteiger partial charge in [-0.25, -0.2) is 0 Å². The van der Waals surface area contributed by atoms with Crippen molar-refractivity contribution in [3.05, 3.63) is 0 Å². The molecule has 2 unspecified atom stereocenters. The number of guanidine groups is 1. The zero-order valence-corrected chi connectivity index (χ0v) is 9.65. The largest absolute Gasteiger partial charge is 0.381 e. The number of hydrogen-bond acceptors (Lipinski definition) is 3. The summed E-state index contributed by atoms with van der Waals surface area (Å²) in [5.41, 5.74) is 5.62. The fourth-order valence-corrected chi connectivity index (χ4v) is 2.35. The lowest BCUT2D eigenvalue weighted by molar-refractivity contribution is 0.168. The molecule has 5 nitrogen and oxygen atoms in total. The quantitative estimate of drug-likeness (QED) is 0.533. The van der Waals surface area contributed by atoms with Crippen LogP contribution in [0.1, 0.15) is 12.8 Å². The standard InChI is InChI=1S/C11H21N3O2/c12-11(13)14(5-9-1-3-15-7-9)6-10-2-4-16-8-10/h9-10H,1-8H2,(H3,12,13). The van der Waals surface area contributed by atoms with Crippen LogP contribution in [-0.4, -0.2) is 50.4 Å². The number of nitrogens with zero attached hydrogens (tertiary/aromatic N) is 1. The minimum atomic E-state index is 0.179. The first-order chi connectivity index (χ1) is 7.75. The molecule has 2 fully saturated rings. The molecular weight excluding hydrogens is 206 g/mol. The fraction of sp³-hybridized carbons (Fsp3) is 0.909. The molecule has 2 rings (SSSR count). The summed E-state index contributed by atoms with van der Waals surface area (Å²) in [5, 5.41) is 7.60. The van der Waals surface area contributed by atoms with Gasteiger partial charge in [-0.05, 0) is 12.8 Å². The smallest absolute Gasteiger partial charge is 0.188 e. The average Bonchev–Trinajstić information content (AvgIpc) is 2.88. The van der Waals surface area contributed by atoms with Crippen molar-refractivity contribution >= 4 is 5.96 Å². The van der Waals surface area contributed by atoms with Crippen LogP contribution in [0.15, 0.2) is 0 Å².